The Kier molecular flexibility index (Phi) is 5.89. The molecule has 6 heteroatoms. The Morgan fingerprint density at radius 3 is 2.22 bits per heavy atom. The molecule has 0 radical (unpaired) electrons. The Bertz CT molecular complexity index is 425. The molecule has 0 bridgehead atoms. The van der Waals surface area contributed by atoms with Crippen LogP contribution in [0.25, 0.3) is 0 Å². The van der Waals surface area contributed by atoms with Crippen LogP contribution in [0.2, 0.25) is 0 Å². The molecule has 3 amide bonds. The second-order valence-electron chi connectivity index (χ2n) is 8.04. The number of hydrogen-bond donors (Lipinski definition) is 1. The third-order valence-electron chi connectivity index (χ3n) is 4.80. The molecule has 2 heterocycles. The SMILES string of the molecule is CC(=O)N1CC[C@H](NC(=O)N2CCN(CCC(C)(C)C)CC2)C1. The van der Waals surface area contributed by atoms with Crippen molar-refractivity contribution in [3.8, 4) is 0 Å². The van der Waals surface area contributed by atoms with Crippen molar-refractivity contribution in [1.29, 1.82) is 0 Å². The minimum Gasteiger partial charge on any atom is -0.341 e. The molecule has 0 aromatic rings. The molecule has 1 N–H and O–H groups in total. The van der Waals surface area contributed by atoms with E-state index in [4.69, 9.17) is 0 Å². The van der Waals surface area contributed by atoms with Gasteiger partial charge in [0.2, 0.25) is 5.91 Å². The Morgan fingerprint density at radius 2 is 1.70 bits per heavy atom. The van der Waals surface area contributed by atoms with E-state index in [1.807, 2.05) is 4.90 Å². The largest absolute Gasteiger partial charge is 0.341 e. The van der Waals surface area contributed by atoms with E-state index >= 15 is 0 Å². The summed E-state index contributed by atoms with van der Waals surface area (Å²) in [6.45, 7) is 14.4. The van der Waals surface area contributed by atoms with E-state index in [-0.39, 0.29) is 18.0 Å². The lowest BCUT2D eigenvalue weighted by Crippen LogP contribution is -2.54. The monoisotopic (exact) mass is 324 g/mol. The lowest BCUT2D eigenvalue weighted by Gasteiger charge is -2.36. The maximum atomic E-state index is 12.3. The average molecular weight is 324 g/mol. The van der Waals surface area contributed by atoms with Crippen LogP contribution < -0.4 is 5.32 Å². The molecule has 0 unspecified atom stereocenters. The molecule has 2 fully saturated rings. The first-order valence-corrected chi connectivity index (χ1v) is 8.78. The van der Waals surface area contributed by atoms with Crippen LogP contribution in [0.4, 0.5) is 4.79 Å². The quantitative estimate of drug-likeness (QED) is 0.853. The van der Waals surface area contributed by atoms with Gasteiger partial charge >= 0.3 is 6.03 Å². The molecule has 1 atom stereocenters. The minimum atomic E-state index is 0.0240. The van der Waals surface area contributed by atoms with E-state index < -0.39 is 0 Å². The van der Waals surface area contributed by atoms with Crippen molar-refractivity contribution in [2.24, 2.45) is 5.41 Å². The van der Waals surface area contributed by atoms with Gasteiger partial charge in [-0.15, -0.1) is 0 Å². The summed E-state index contributed by atoms with van der Waals surface area (Å²) in [5, 5.41) is 3.08. The zero-order valence-corrected chi connectivity index (χ0v) is 15.1. The normalized spacial score (nSPS) is 23.2. The Balaban J connectivity index is 1.69. The Morgan fingerprint density at radius 1 is 1.04 bits per heavy atom. The fourth-order valence-corrected chi connectivity index (χ4v) is 3.10. The number of nitrogens with zero attached hydrogens (tertiary/aromatic N) is 3. The predicted molar refractivity (Wildman–Crippen MR) is 91.3 cm³/mol. The smallest absolute Gasteiger partial charge is 0.317 e. The van der Waals surface area contributed by atoms with Gasteiger partial charge in [0.15, 0.2) is 0 Å². The molecule has 0 aromatic heterocycles. The molecule has 2 aliphatic heterocycles. The number of carbonyl (C=O) groups excluding carboxylic acids is 2. The van der Waals surface area contributed by atoms with Crippen LogP contribution in [-0.2, 0) is 4.79 Å². The molecule has 132 valence electrons. The summed E-state index contributed by atoms with van der Waals surface area (Å²) in [6, 6.07) is 0.126. The minimum absolute atomic E-state index is 0.0240. The first-order valence-electron chi connectivity index (χ1n) is 8.78. The zero-order chi connectivity index (χ0) is 17.0. The molecule has 23 heavy (non-hydrogen) atoms. The number of rotatable bonds is 3. The van der Waals surface area contributed by atoms with Crippen molar-refractivity contribution < 1.29 is 9.59 Å². The summed E-state index contributed by atoms with van der Waals surface area (Å²) < 4.78 is 0. The van der Waals surface area contributed by atoms with Crippen molar-refractivity contribution >= 4 is 11.9 Å². The first kappa shape index (κ1) is 18.0. The Hall–Kier alpha value is -1.30. The molecular weight excluding hydrogens is 292 g/mol. The average Bonchev–Trinajstić information content (AvgIpc) is 2.93. The van der Waals surface area contributed by atoms with Gasteiger partial charge in [-0.05, 0) is 24.8 Å². The van der Waals surface area contributed by atoms with Crippen LogP contribution >= 0.6 is 0 Å². The van der Waals surface area contributed by atoms with Gasteiger partial charge in [-0.2, -0.15) is 0 Å². The summed E-state index contributed by atoms with van der Waals surface area (Å²) in [5.74, 6) is 0.0919. The van der Waals surface area contributed by atoms with E-state index in [2.05, 4.69) is 31.0 Å². The molecule has 0 aromatic carbocycles. The third kappa shape index (κ3) is 5.68. The highest BCUT2D eigenvalue weighted by Crippen LogP contribution is 2.19. The van der Waals surface area contributed by atoms with Gasteiger partial charge in [0, 0.05) is 52.2 Å². The van der Waals surface area contributed by atoms with E-state index in [9.17, 15) is 9.59 Å². The first-order chi connectivity index (χ1) is 10.7. The molecule has 0 spiro atoms. The van der Waals surface area contributed by atoms with Gasteiger partial charge in [0.25, 0.3) is 0 Å². The summed E-state index contributed by atoms with van der Waals surface area (Å²) >= 11 is 0. The topological polar surface area (TPSA) is 55.9 Å². The fourth-order valence-electron chi connectivity index (χ4n) is 3.10. The van der Waals surface area contributed by atoms with Crippen molar-refractivity contribution in [2.75, 3.05) is 45.8 Å². The molecule has 0 aliphatic carbocycles. The van der Waals surface area contributed by atoms with Crippen molar-refractivity contribution in [3.63, 3.8) is 0 Å². The highest BCUT2D eigenvalue weighted by atomic mass is 16.2. The summed E-state index contributed by atoms with van der Waals surface area (Å²) in [6.07, 6.45) is 2.04. The molecular formula is C17H32N4O2. The molecule has 2 rings (SSSR count). The second-order valence-corrected chi connectivity index (χ2v) is 8.04. The van der Waals surface area contributed by atoms with Gasteiger partial charge in [-0.25, -0.2) is 4.79 Å². The van der Waals surface area contributed by atoms with Crippen molar-refractivity contribution in [3.05, 3.63) is 0 Å². The molecule has 6 nitrogen and oxygen atoms in total. The van der Waals surface area contributed by atoms with Crippen LogP contribution in [0.5, 0.6) is 0 Å². The van der Waals surface area contributed by atoms with Crippen LogP contribution in [0.1, 0.15) is 40.5 Å². The van der Waals surface area contributed by atoms with Crippen LogP contribution in [-0.4, -0.2) is 78.5 Å². The van der Waals surface area contributed by atoms with E-state index in [1.54, 1.807) is 11.8 Å². The lowest BCUT2D eigenvalue weighted by molar-refractivity contribution is -0.127. The van der Waals surface area contributed by atoms with Crippen molar-refractivity contribution in [2.45, 2.75) is 46.6 Å². The van der Waals surface area contributed by atoms with Gasteiger partial charge in [-0.3, -0.25) is 9.69 Å². The fraction of sp³-hybridized carbons (Fsp3) is 0.882. The molecule has 0 saturated carbocycles. The standard InChI is InChI=1S/C17H32N4O2/c1-14(22)21-7-5-15(13-21)18-16(23)20-11-9-19(10-12-20)8-6-17(2,3)4/h15H,5-13H2,1-4H3,(H,18,23)/t15-/m0/s1. The molecule has 2 saturated heterocycles. The van der Waals surface area contributed by atoms with E-state index in [0.29, 0.717) is 12.0 Å². The maximum Gasteiger partial charge on any atom is 0.317 e. The lowest BCUT2D eigenvalue weighted by atomic mass is 9.92. The van der Waals surface area contributed by atoms with E-state index in [0.717, 1.165) is 45.7 Å². The van der Waals surface area contributed by atoms with E-state index in [1.165, 1.54) is 6.42 Å². The number of nitrogens with one attached hydrogen (secondary N) is 1. The summed E-state index contributed by atoms with van der Waals surface area (Å²) in [4.78, 5) is 29.8. The van der Waals surface area contributed by atoms with Crippen LogP contribution in [0, 0.1) is 5.41 Å². The Labute approximate surface area is 140 Å². The van der Waals surface area contributed by atoms with Gasteiger partial charge in [-0.1, -0.05) is 20.8 Å². The zero-order valence-electron chi connectivity index (χ0n) is 15.1. The number of likely N-dealkylation sites (tertiary alicyclic amines) is 1. The second kappa shape index (κ2) is 7.51. The number of carbonyl (C=O) groups is 2. The van der Waals surface area contributed by atoms with Crippen LogP contribution in [0.15, 0.2) is 0 Å². The van der Waals surface area contributed by atoms with Gasteiger partial charge in [0.1, 0.15) is 0 Å². The summed E-state index contributed by atoms with van der Waals surface area (Å²) in [7, 11) is 0. The number of amides is 3. The maximum absolute atomic E-state index is 12.3. The van der Waals surface area contributed by atoms with Crippen LogP contribution in [0.3, 0.4) is 0 Å². The predicted octanol–water partition coefficient (Wildman–Crippen LogP) is 1.37. The third-order valence-corrected chi connectivity index (χ3v) is 4.80. The highest BCUT2D eigenvalue weighted by Gasteiger charge is 2.28. The number of urea groups is 1. The van der Waals surface area contributed by atoms with Crippen molar-refractivity contribution in [1.82, 2.24) is 20.0 Å². The van der Waals surface area contributed by atoms with Gasteiger partial charge < -0.3 is 15.1 Å². The van der Waals surface area contributed by atoms with Gasteiger partial charge in [0.05, 0.1) is 0 Å². The molecule has 2 aliphatic rings. The summed E-state index contributed by atoms with van der Waals surface area (Å²) in [5.41, 5.74) is 0.361. The number of piperazine rings is 1. The highest BCUT2D eigenvalue weighted by molar-refractivity contribution is 5.76. The number of hydrogen-bond acceptors (Lipinski definition) is 3.